The van der Waals surface area contributed by atoms with Crippen molar-refractivity contribution in [1.29, 1.82) is 0 Å². The number of benzene rings is 1. The molecule has 0 unspecified atom stereocenters. The second-order valence-electron chi connectivity index (χ2n) is 4.74. The smallest absolute Gasteiger partial charge is 0.287 e. The minimum absolute atomic E-state index is 0.0714. The number of aliphatic imine (C=N–C) groups is 1. The molecule has 11 heteroatoms. The fraction of sp³-hybridized carbons (Fsp3) is 0.286. The molecule has 0 aliphatic carbocycles. The van der Waals surface area contributed by atoms with Crippen LogP contribution in [0.5, 0.6) is 5.88 Å². The number of hydroxylamine groups is 1. The second kappa shape index (κ2) is 9.20. The van der Waals surface area contributed by atoms with E-state index in [1.165, 1.54) is 18.2 Å². The van der Waals surface area contributed by atoms with Crippen LogP contribution < -0.4 is 10.2 Å². The molecule has 0 amide bonds. The first-order chi connectivity index (χ1) is 12.0. The van der Waals surface area contributed by atoms with Crippen LogP contribution in [0.15, 0.2) is 32.3 Å². The van der Waals surface area contributed by atoms with E-state index >= 15 is 0 Å². The number of aliphatic hydroxyl groups is 1. The Hall–Kier alpha value is -2.37. The Labute approximate surface area is 149 Å². The Bertz CT molecular complexity index is 767. The summed E-state index contributed by atoms with van der Waals surface area (Å²) in [6.45, 7) is -0.400. The van der Waals surface area contributed by atoms with Crippen molar-refractivity contribution in [2.24, 2.45) is 4.99 Å². The van der Waals surface area contributed by atoms with Crippen molar-refractivity contribution < 1.29 is 28.9 Å². The zero-order valence-electron chi connectivity index (χ0n) is 12.8. The fourth-order valence-electron chi connectivity index (χ4n) is 1.73. The summed E-state index contributed by atoms with van der Waals surface area (Å²) in [4.78, 5) is 15.6. The first kappa shape index (κ1) is 19.0. The van der Waals surface area contributed by atoms with Crippen LogP contribution in [0.25, 0.3) is 0 Å². The van der Waals surface area contributed by atoms with Crippen molar-refractivity contribution >= 4 is 33.2 Å². The maximum absolute atomic E-state index is 13.3. The monoisotopic (exact) mass is 416 g/mol. The van der Waals surface area contributed by atoms with E-state index in [9.17, 15) is 14.4 Å². The third-order valence-electron chi connectivity index (χ3n) is 2.92. The first-order valence-corrected chi connectivity index (χ1v) is 7.86. The van der Waals surface area contributed by atoms with E-state index < -0.39 is 5.82 Å². The molecule has 0 spiro atoms. The molecule has 0 bridgehead atoms. The van der Waals surface area contributed by atoms with Gasteiger partial charge in [-0.3, -0.25) is 15.5 Å². The number of aromatic nitrogens is 2. The summed E-state index contributed by atoms with van der Waals surface area (Å²) in [5.74, 6) is -1.04. The van der Waals surface area contributed by atoms with Gasteiger partial charge in [0.2, 0.25) is 5.69 Å². The van der Waals surface area contributed by atoms with E-state index in [2.05, 4.69) is 35.9 Å². The number of amidine groups is 1. The van der Waals surface area contributed by atoms with Crippen LogP contribution in [0.3, 0.4) is 0 Å². The van der Waals surface area contributed by atoms with Crippen molar-refractivity contribution in [2.75, 3.05) is 13.2 Å². The van der Waals surface area contributed by atoms with Gasteiger partial charge in [-0.1, -0.05) is 0 Å². The molecule has 0 radical (unpaired) electrons. The minimum Gasteiger partial charge on any atom is -0.466 e. The van der Waals surface area contributed by atoms with Crippen molar-refractivity contribution in [3.8, 4) is 5.88 Å². The highest BCUT2D eigenvalue weighted by atomic mass is 79.9. The van der Waals surface area contributed by atoms with E-state index in [-0.39, 0.29) is 47.3 Å². The number of carbonyl (C=O) groups excluding carboxylic acids is 1. The summed E-state index contributed by atoms with van der Waals surface area (Å²) in [7, 11) is 0. The molecule has 1 aromatic heterocycles. The van der Waals surface area contributed by atoms with Gasteiger partial charge in [0, 0.05) is 13.0 Å². The molecule has 9 nitrogen and oxygen atoms in total. The summed E-state index contributed by atoms with van der Waals surface area (Å²) in [6.07, 6.45) is 0.483. The number of ether oxygens (including phenoxy) is 1. The van der Waals surface area contributed by atoms with Crippen LogP contribution in [-0.4, -0.2) is 45.5 Å². The van der Waals surface area contributed by atoms with Gasteiger partial charge in [-0.05, 0) is 50.9 Å². The molecule has 2 aromatic rings. The summed E-state index contributed by atoms with van der Waals surface area (Å²) < 4.78 is 23.2. The molecule has 25 heavy (non-hydrogen) atoms. The molecule has 1 heterocycles. The molecule has 2 rings (SSSR count). The highest BCUT2D eigenvalue weighted by Gasteiger charge is 2.19. The third kappa shape index (κ3) is 5.31. The SMILES string of the molecule is O=C(CCCO)COc1nonc1C(=Nc1ccc(F)c(Br)c1)NO. The van der Waals surface area contributed by atoms with Gasteiger partial charge >= 0.3 is 0 Å². The largest absolute Gasteiger partial charge is 0.466 e. The van der Waals surface area contributed by atoms with Gasteiger partial charge in [-0.2, -0.15) is 0 Å². The molecule has 1 aromatic carbocycles. The number of ketones is 1. The van der Waals surface area contributed by atoms with E-state index in [4.69, 9.17) is 9.84 Å². The minimum atomic E-state index is -0.467. The fourth-order valence-corrected chi connectivity index (χ4v) is 2.10. The molecule has 0 saturated heterocycles. The van der Waals surface area contributed by atoms with Crippen molar-refractivity contribution in [1.82, 2.24) is 15.8 Å². The van der Waals surface area contributed by atoms with Crippen LogP contribution >= 0.6 is 15.9 Å². The van der Waals surface area contributed by atoms with Gasteiger partial charge in [0.25, 0.3) is 5.88 Å². The standard InChI is InChI=1S/C14H14BrFN4O5/c15-10-6-8(3-4-11(10)16)17-13(18-23)12-14(20-25-19-12)24-7-9(22)2-1-5-21/h3-4,6,21,23H,1-2,5,7H2,(H,17,18). The van der Waals surface area contributed by atoms with Crippen LogP contribution in [0, 0.1) is 5.82 Å². The first-order valence-electron chi connectivity index (χ1n) is 7.07. The number of carbonyl (C=O) groups is 1. The molecule has 0 aliphatic heterocycles. The van der Waals surface area contributed by atoms with E-state index in [0.717, 1.165) is 0 Å². The lowest BCUT2D eigenvalue weighted by atomic mass is 10.2. The van der Waals surface area contributed by atoms with Crippen molar-refractivity contribution in [3.63, 3.8) is 0 Å². The third-order valence-corrected chi connectivity index (χ3v) is 3.52. The maximum atomic E-state index is 13.3. The quantitative estimate of drug-likeness (QED) is 0.337. The number of nitrogens with one attached hydrogen (secondary N) is 1. The number of halogens is 2. The van der Waals surface area contributed by atoms with Gasteiger partial charge in [0.15, 0.2) is 11.6 Å². The number of hydrogen-bond donors (Lipinski definition) is 3. The zero-order chi connectivity index (χ0) is 18.2. The van der Waals surface area contributed by atoms with Crippen LogP contribution in [0.4, 0.5) is 10.1 Å². The van der Waals surface area contributed by atoms with Gasteiger partial charge in [-0.15, -0.1) is 0 Å². The summed E-state index contributed by atoms with van der Waals surface area (Å²) in [5.41, 5.74) is 2.06. The number of Topliss-reactive ketones (excluding diaryl/α,β-unsaturated/α-hetero) is 1. The van der Waals surface area contributed by atoms with Crippen LogP contribution in [0.2, 0.25) is 0 Å². The average molecular weight is 417 g/mol. The number of aliphatic hydroxyl groups excluding tert-OH is 1. The summed E-state index contributed by atoms with van der Waals surface area (Å²) in [5, 5.41) is 25.0. The topological polar surface area (TPSA) is 130 Å². The van der Waals surface area contributed by atoms with Crippen molar-refractivity contribution in [3.05, 3.63) is 34.2 Å². The Kier molecular flexibility index (Phi) is 6.98. The Morgan fingerprint density at radius 3 is 2.92 bits per heavy atom. The molecule has 0 saturated carbocycles. The summed E-state index contributed by atoms with van der Waals surface area (Å²) in [6, 6.07) is 3.96. The lowest BCUT2D eigenvalue weighted by molar-refractivity contribution is -0.121. The van der Waals surface area contributed by atoms with Gasteiger partial charge < -0.3 is 9.84 Å². The molecule has 0 fully saturated rings. The maximum Gasteiger partial charge on any atom is 0.287 e. The molecule has 0 atom stereocenters. The predicted octanol–water partition coefficient (Wildman–Crippen LogP) is 1.75. The molecule has 3 N–H and O–H groups in total. The van der Waals surface area contributed by atoms with E-state index in [1.54, 1.807) is 0 Å². The molecule has 0 aliphatic rings. The van der Waals surface area contributed by atoms with Crippen LogP contribution in [0.1, 0.15) is 18.5 Å². The average Bonchev–Trinajstić information content (AvgIpc) is 3.07. The number of nitrogens with zero attached hydrogens (tertiary/aromatic N) is 3. The Morgan fingerprint density at radius 2 is 2.24 bits per heavy atom. The van der Waals surface area contributed by atoms with Gasteiger partial charge in [-0.25, -0.2) is 14.0 Å². The zero-order valence-corrected chi connectivity index (χ0v) is 14.4. The molecular weight excluding hydrogens is 403 g/mol. The highest BCUT2D eigenvalue weighted by Crippen LogP contribution is 2.23. The van der Waals surface area contributed by atoms with Crippen molar-refractivity contribution in [2.45, 2.75) is 12.8 Å². The lowest BCUT2D eigenvalue weighted by Gasteiger charge is -2.05. The lowest BCUT2D eigenvalue weighted by Crippen LogP contribution is -2.22. The van der Waals surface area contributed by atoms with Gasteiger partial charge in [0.1, 0.15) is 12.4 Å². The summed E-state index contributed by atoms with van der Waals surface area (Å²) >= 11 is 3.03. The number of rotatable bonds is 8. The Balaban J connectivity index is 2.16. The number of hydrogen-bond acceptors (Lipinski definition) is 8. The van der Waals surface area contributed by atoms with Crippen LogP contribution in [-0.2, 0) is 4.79 Å². The molecule has 134 valence electrons. The van der Waals surface area contributed by atoms with Gasteiger partial charge in [0.05, 0.1) is 10.2 Å². The highest BCUT2D eigenvalue weighted by molar-refractivity contribution is 9.10. The molecular formula is C14H14BrFN4O5. The normalized spacial score (nSPS) is 11.4. The predicted molar refractivity (Wildman–Crippen MR) is 86.3 cm³/mol. The second-order valence-corrected chi connectivity index (χ2v) is 5.60. The Morgan fingerprint density at radius 1 is 1.44 bits per heavy atom. The van der Waals surface area contributed by atoms with E-state index in [1.807, 2.05) is 5.48 Å². The van der Waals surface area contributed by atoms with E-state index in [0.29, 0.717) is 12.1 Å².